The lowest BCUT2D eigenvalue weighted by atomic mass is 10.2. The summed E-state index contributed by atoms with van der Waals surface area (Å²) in [6.45, 7) is 0.161. The van der Waals surface area contributed by atoms with E-state index in [1.807, 2.05) is 0 Å². The molecule has 0 saturated carbocycles. The third kappa shape index (κ3) is 5.74. The first kappa shape index (κ1) is 22.1. The smallest absolute Gasteiger partial charge is 0.313 e. The highest BCUT2D eigenvalue weighted by Crippen LogP contribution is 2.35. The van der Waals surface area contributed by atoms with Gasteiger partial charge >= 0.3 is 5.69 Å². The fourth-order valence-corrected chi connectivity index (χ4v) is 3.45. The quantitative estimate of drug-likeness (QED) is 0.248. The fourth-order valence-electron chi connectivity index (χ4n) is 2.46. The van der Waals surface area contributed by atoms with Crippen LogP contribution in [0.2, 0.25) is 5.02 Å². The van der Waals surface area contributed by atoms with E-state index in [1.165, 1.54) is 36.7 Å². The first-order valence-electron chi connectivity index (χ1n) is 8.59. The van der Waals surface area contributed by atoms with Gasteiger partial charge in [-0.05, 0) is 57.4 Å². The molecule has 0 atom stereocenters. The van der Waals surface area contributed by atoms with Crippen LogP contribution in [0, 0.1) is 20.2 Å². The normalized spacial score (nSPS) is 10.8. The van der Waals surface area contributed by atoms with Crippen LogP contribution in [0.1, 0.15) is 11.1 Å². The summed E-state index contributed by atoms with van der Waals surface area (Å²) in [4.78, 5) is 24.6. The number of non-ortho nitro benzene ring substituents is 1. The van der Waals surface area contributed by atoms with Gasteiger partial charge < -0.3 is 4.74 Å². The number of anilines is 1. The topological polar surface area (TPSA) is 133 Å². The number of nitro benzene ring substituents is 1. The maximum Gasteiger partial charge on any atom is 0.313 e. The van der Waals surface area contributed by atoms with Gasteiger partial charge in [-0.1, -0.05) is 11.6 Å². The molecule has 0 amide bonds. The molecule has 0 bridgehead atoms. The number of ether oxygens (including phenoxy) is 1. The average Bonchev–Trinajstić information content (AvgIpc) is 2.73. The molecule has 0 aliphatic rings. The molecule has 3 aromatic rings. The minimum absolute atomic E-state index is 0.00347. The molecule has 0 spiro atoms. The van der Waals surface area contributed by atoms with Crippen molar-refractivity contribution < 1.29 is 14.6 Å². The number of benzene rings is 2. The van der Waals surface area contributed by atoms with E-state index in [1.54, 1.807) is 24.3 Å². The number of hydrazone groups is 1. The number of aromatic nitrogens is 1. The van der Waals surface area contributed by atoms with E-state index in [0.29, 0.717) is 20.8 Å². The number of halogens is 2. The van der Waals surface area contributed by atoms with Crippen LogP contribution in [0.4, 0.5) is 17.2 Å². The van der Waals surface area contributed by atoms with E-state index >= 15 is 0 Å². The van der Waals surface area contributed by atoms with Gasteiger partial charge in [0.25, 0.3) is 5.69 Å². The van der Waals surface area contributed by atoms with Gasteiger partial charge in [-0.15, -0.1) is 0 Å². The van der Waals surface area contributed by atoms with Gasteiger partial charge in [-0.3, -0.25) is 25.7 Å². The molecule has 158 valence electrons. The van der Waals surface area contributed by atoms with E-state index in [0.717, 1.165) is 5.56 Å². The van der Waals surface area contributed by atoms with Crippen LogP contribution >= 0.6 is 27.5 Å². The first-order chi connectivity index (χ1) is 14.8. The molecule has 0 fully saturated rings. The SMILES string of the molecule is O=[N+]([O-])c1ccc(COc2c(Cl)cc(/C=N\Nc3ncccc3[N+](=O)[O-])cc2Br)cc1. The Kier molecular flexibility index (Phi) is 7.11. The highest BCUT2D eigenvalue weighted by molar-refractivity contribution is 9.10. The zero-order valence-electron chi connectivity index (χ0n) is 15.6. The number of nitrogens with zero attached hydrogens (tertiary/aromatic N) is 4. The standard InChI is InChI=1S/C19H13BrClN5O5/c20-15-8-13(10-23-24-19-17(26(29)30)2-1-7-22-19)9-16(21)18(15)31-11-12-3-5-14(6-4-12)25(27)28/h1-10H,11H2,(H,22,24)/b23-10-. The molecule has 0 unspecified atom stereocenters. The highest BCUT2D eigenvalue weighted by atomic mass is 79.9. The monoisotopic (exact) mass is 505 g/mol. The Hall–Kier alpha value is -3.57. The Morgan fingerprint density at radius 2 is 1.90 bits per heavy atom. The van der Waals surface area contributed by atoms with Crippen molar-refractivity contribution >= 4 is 50.9 Å². The molecule has 3 rings (SSSR count). The second kappa shape index (κ2) is 9.96. The number of hydrogen-bond acceptors (Lipinski definition) is 8. The second-order valence-corrected chi connectivity index (χ2v) is 7.29. The zero-order valence-corrected chi connectivity index (χ0v) is 17.9. The molecule has 0 aliphatic carbocycles. The van der Waals surface area contributed by atoms with Crippen LogP contribution in [0.15, 0.2) is 64.3 Å². The Morgan fingerprint density at radius 3 is 2.55 bits per heavy atom. The number of nitro groups is 2. The van der Waals surface area contributed by atoms with E-state index in [4.69, 9.17) is 16.3 Å². The molecule has 1 aromatic heterocycles. The molecule has 1 N–H and O–H groups in total. The van der Waals surface area contributed by atoms with Gasteiger partial charge in [0.1, 0.15) is 6.61 Å². The summed E-state index contributed by atoms with van der Waals surface area (Å²) in [6, 6.07) is 12.1. The minimum atomic E-state index is -0.560. The Bertz CT molecular complexity index is 1130. The van der Waals surface area contributed by atoms with Crippen molar-refractivity contribution in [3.8, 4) is 5.75 Å². The molecule has 0 aliphatic heterocycles. The summed E-state index contributed by atoms with van der Waals surface area (Å²) in [5.41, 5.74) is 3.67. The van der Waals surface area contributed by atoms with Crippen molar-refractivity contribution in [2.75, 3.05) is 5.43 Å². The largest absolute Gasteiger partial charge is 0.486 e. The summed E-state index contributed by atoms with van der Waals surface area (Å²) in [6.07, 6.45) is 2.84. The number of pyridine rings is 1. The van der Waals surface area contributed by atoms with Gasteiger partial charge in [-0.2, -0.15) is 5.10 Å². The van der Waals surface area contributed by atoms with Gasteiger partial charge in [-0.25, -0.2) is 4.98 Å². The maximum atomic E-state index is 11.0. The zero-order chi connectivity index (χ0) is 22.4. The molecule has 2 aromatic carbocycles. The predicted octanol–water partition coefficient (Wildman–Crippen LogP) is 5.34. The molecule has 0 radical (unpaired) electrons. The lowest BCUT2D eigenvalue weighted by Crippen LogP contribution is -2.00. The first-order valence-corrected chi connectivity index (χ1v) is 9.76. The summed E-state index contributed by atoms with van der Waals surface area (Å²) in [5, 5.41) is 26.0. The summed E-state index contributed by atoms with van der Waals surface area (Å²) < 4.78 is 6.29. The van der Waals surface area contributed by atoms with E-state index in [2.05, 4.69) is 31.4 Å². The van der Waals surface area contributed by atoms with Crippen LogP contribution in [-0.2, 0) is 6.61 Å². The van der Waals surface area contributed by atoms with Gasteiger partial charge in [0, 0.05) is 24.4 Å². The van der Waals surface area contributed by atoms with Crippen molar-refractivity contribution in [2.45, 2.75) is 6.61 Å². The minimum Gasteiger partial charge on any atom is -0.486 e. The van der Waals surface area contributed by atoms with Crippen LogP contribution < -0.4 is 10.2 Å². The molecule has 1 heterocycles. The maximum absolute atomic E-state index is 11.0. The highest BCUT2D eigenvalue weighted by Gasteiger charge is 2.13. The van der Waals surface area contributed by atoms with Crippen LogP contribution in [0.5, 0.6) is 5.75 Å². The van der Waals surface area contributed by atoms with Crippen LogP contribution in [0.3, 0.4) is 0 Å². The molecular weight excluding hydrogens is 494 g/mol. The molecular formula is C19H13BrClN5O5. The van der Waals surface area contributed by atoms with E-state index < -0.39 is 9.85 Å². The van der Waals surface area contributed by atoms with E-state index in [-0.39, 0.29) is 23.8 Å². The lowest BCUT2D eigenvalue weighted by Gasteiger charge is -2.11. The summed E-state index contributed by atoms with van der Waals surface area (Å²) in [5.74, 6) is 0.405. The third-order valence-electron chi connectivity index (χ3n) is 3.92. The molecule has 31 heavy (non-hydrogen) atoms. The molecule has 12 heteroatoms. The fraction of sp³-hybridized carbons (Fsp3) is 0.0526. The summed E-state index contributed by atoms with van der Waals surface area (Å²) in [7, 11) is 0. The van der Waals surface area contributed by atoms with Crippen molar-refractivity contribution in [1.29, 1.82) is 0 Å². The van der Waals surface area contributed by atoms with Crippen LogP contribution in [-0.4, -0.2) is 21.0 Å². The Balaban J connectivity index is 1.68. The summed E-state index contributed by atoms with van der Waals surface area (Å²) >= 11 is 9.69. The van der Waals surface area contributed by atoms with Crippen LogP contribution in [0.25, 0.3) is 0 Å². The number of rotatable bonds is 8. The molecule has 0 saturated heterocycles. The Morgan fingerprint density at radius 1 is 1.16 bits per heavy atom. The van der Waals surface area contributed by atoms with Gasteiger partial charge in [0.15, 0.2) is 5.75 Å². The van der Waals surface area contributed by atoms with Crippen molar-refractivity contribution in [1.82, 2.24) is 4.98 Å². The van der Waals surface area contributed by atoms with Crippen molar-refractivity contribution in [3.05, 3.63) is 95.6 Å². The lowest BCUT2D eigenvalue weighted by molar-refractivity contribution is -0.384. The molecule has 10 nitrogen and oxygen atoms in total. The van der Waals surface area contributed by atoms with Gasteiger partial charge in [0.2, 0.25) is 5.82 Å². The van der Waals surface area contributed by atoms with E-state index in [9.17, 15) is 20.2 Å². The average molecular weight is 507 g/mol. The van der Waals surface area contributed by atoms with Gasteiger partial charge in [0.05, 0.1) is 25.6 Å². The second-order valence-electron chi connectivity index (χ2n) is 6.02. The van der Waals surface area contributed by atoms with Crippen molar-refractivity contribution in [3.63, 3.8) is 0 Å². The number of hydrogen-bond donors (Lipinski definition) is 1. The predicted molar refractivity (Wildman–Crippen MR) is 119 cm³/mol. The third-order valence-corrected chi connectivity index (χ3v) is 4.79. The Labute approximate surface area is 189 Å². The van der Waals surface area contributed by atoms with Crippen molar-refractivity contribution in [2.24, 2.45) is 5.10 Å². The number of nitrogens with one attached hydrogen (secondary N) is 1.